The number of rotatable bonds is 3. The van der Waals surface area contributed by atoms with Gasteiger partial charge in [-0.1, -0.05) is 19.1 Å². The third-order valence-corrected chi connectivity index (χ3v) is 7.42. The summed E-state index contributed by atoms with van der Waals surface area (Å²) in [5.41, 5.74) is 11.0. The van der Waals surface area contributed by atoms with Crippen molar-refractivity contribution in [3.8, 4) is 5.69 Å². The minimum atomic E-state index is -0.133. The summed E-state index contributed by atoms with van der Waals surface area (Å²) in [7, 11) is 0. The summed E-state index contributed by atoms with van der Waals surface area (Å²) in [6.45, 7) is 5.99. The van der Waals surface area contributed by atoms with Crippen molar-refractivity contribution in [1.29, 1.82) is 0 Å². The molecule has 7 rings (SSSR count). The van der Waals surface area contributed by atoms with E-state index in [1.807, 2.05) is 43.0 Å². The van der Waals surface area contributed by atoms with Gasteiger partial charge in [-0.05, 0) is 56.7 Å². The van der Waals surface area contributed by atoms with Gasteiger partial charge in [-0.2, -0.15) is 10.2 Å². The molecule has 3 aromatic heterocycles. The van der Waals surface area contributed by atoms with Crippen LogP contribution >= 0.6 is 0 Å². The number of nitrogens with zero attached hydrogens (tertiary/aromatic N) is 7. The molecule has 3 aliphatic rings. The van der Waals surface area contributed by atoms with Gasteiger partial charge in [0.05, 0.1) is 35.2 Å². The molecule has 4 aromatic rings. The standard InChI is InChI=1S/C25H26N8O/c1-13-7-8-20(33-27-9-10-28-33)22(29-13)25(34)32-17-11-16(12-17)14(2)23(32)18-5-4-6-19-21(18)30-15(3)24(26)31-19/h4-10,14,16-17,23H,11-12H2,1-3H3,(H2,26,31)/t14-,16?,17?,23+/m1/s1. The number of nitrogen functional groups attached to an aromatic ring is 1. The average Bonchev–Trinajstić information content (AvgIpc) is 3.32. The number of anilines is 1. The number of carbonyl (C=O) groups excluding carboxylic acids is 1. The Morgan fingerprint density at radius 1 is 1.03 bits per heavy atom. The highest BCUT2D eigenvalue weighted by molar-refractivity contribution is 5.97. The minimum absolute atomic E-state index is 0.104. The molecule has 172 valence electrons. The van der Waals surface area contributed by atoms with Crippen molar-refractivity contribution in [1.82, 2.24) is 34.8 Å². The average molecular weight is 455 g/mol. The van der Waals surface area contributed by atoms with Gasteiger partial charge in [-0.25, -0.2) is 15.0 Å². The van der Waals surface area contributed by atoms with E-state index < -0.39 is 0 Å². The van der Waals surface area contributed by atoms with E-state index in [1.165, 1.54) is 4.80 Å². The fourth-order valence-corrected chi connectivity index (χ4v) is 5.52. The fraction of sp³-hybridized carbons (Fsp3) is 0.360. The second-order valence-corrected chi connectivity index (χ2v) is 9.45. The third-order valence-electron chi connectivity index (χ3n) is 7.42. The molecule has 2 N–H and O–H groups in total. The Morgan fingerprint density at radius 3 is 2.56 bits per heavy atom. The quantitative estimate of drug-likeness (QED) is 0.504. The lowest BCUT2D eigenvalue weighted by Gasteiger charge is -2.57. The van der Waals surface area contributed by atoms with Crippen LogP contribution in [0, 0.1) is 25.7 Å². The normalized spacial score (nSPS) is 23.7. The van der Waals surface area contributed by atoms with Gasteiger partial charge in [-0.15, -0.1) is 4.80 Å². The first-order chi connectivity index (χ1) is 16.4. The molecule has 2 saturated heterocycles. The zero-order valence-corrected chi connectivity index (χ0v) is 19.4. The number of aryl methyl sites for hydroxylation is 2. The van der Waals surface area contributed by atoms with Gasteiger partial charge >= 0.3 is 0 Å². The predicted octanol–water partition coefficient (Wildman–Crippen LogP) is 3.42. The number of hydrogen-bond acceptors (Lipinski definition) is 7. The maximum Gasteiger partial charge on any atom is 0.275 e. The molecule has 9 heteroatoms. The van der Waals surface area contributed by atoms with Gasteiger partial charge in [0.25, 0.3) is 5.91 Å². The molecular formula is C25H26N8O. The predicted molar refractivity (Wildman–Crippen MR) is 127 cm³/mol. The van der Waals surface area contributed by atoms with E-state index in [-0.39, 0.29) is 23.9 Å². The number of amides is 1. The Bertz CT molecular complexity index is 1410. The van der Waals surface area contributed by atoms with E-state index in [0.29, 0.717) is 28.8 Å². The van der Waals surface area contributed by atoms with Crippen molar-refractivity contribution in [2.45, 2.75) is 45.7 Å². The lowest BCUT2D eigenvalue weighted by molar-refractivity contribution is -0.0562. The van der Waals surface area contributed by atoms with E-state index in [2.05, 4.69) is 33.2 Å². The topological polar surface area (TPSA) is 116 Å². The molecule has 34 heavy (non-hydrogen) atoms. The number of piperidine rings is 2. The number of pyridine rings is 1. The second kappa shape index (κ2) is 7.58. The Balaban J connectivity index is 1.51. The lowest BCUT2D eigenvalue weighted by Crippen LogP contribution is -2.59. The van der Waals surface area contributed by atoms with Crippen LogP contribution in [0.15, 0.2) is 42.7 Å². The van der Waals surface area contributed by atoms with Crippen LogP contribution in [-0.2, 0) is 0 Å². The molecule has 1 saturated carbocycles. The molecule has 0 spiro atoms. The van der Waals surface area contributed by atoms with E-state index in [0.717, 1.165) is 35.1 Å². The summed E-state index contributed by atoms with van der Waals surface area (Å²) in [4.78, 5) is 31.7. The third kappa shape index (κ3) is 3.07. The number of nitrogens with two attached hydrogens (primary N) is 1. The molecule has 1 aliphatic carbocycles. The van der Waals surface area contributed by atoms with Crippen LogP contribution in [0.2, 0.25) is 0 Å². The Kier molecular flexibility index (Phi) is 4.62. The maximum absolute atomic E-state index is 14.2. The largest absolute Gasteiger partial charge is 0.382 e. The Morgan fingerprint density at radius 2 is 1.79 bits per heavy atom. The van der Waals surface area contributed by atoms with E-state index in [9.17, 15) is 4.79 Å². The number of para-hydroxylation sites is 1. The highest BCUT2D eigenvalue weighted by Gasteiger charge is 2.52. The minimum Gasteiger partial charge on any atom is -0.382 e. The van der Waals surface area contributed by atoms with Crippen LogP contribution in [0.5, 0.6) is 0 Å². The van der Waals surface area contributed by atoms with Gasteiger partial charge in [0.15, 0.2) is 5.69 Å². The summed E-state index contributed by atoms with van der Waals surface area (Å²) in [6.07, 6.45) is 5.21. The molecule has 9 nitrogen and oxygen atoms in total. The first-order valence-corrected chi connectivity index (χ1v) is 11.6. The van der Waals surface area contributed by atoms with Crippen LogP contribution in [0.4, 0.5) is 5.82 Å². The van der Waals surface area contributed by atoms with Gasteiger partial charge in [0, 0.05) is 17.3 Å². The van der Waals surface area contributed by atoms with Gasteiger partial charge in [0.2, 0.25) is 0 Å². The molecule has 5 heterocycles. The van der Waals surface area contributed by atoms with E-state index in [4.69, 9.17) is 10.7 Å². The van der Waals surface area contributed by atoms with Gasteiger partial charge < -0.3 is 10.6 Å². The molecule has 0 unspecified atom stereocenters. The molecule has 0 radical (unpaired) electrons. The highest BCUT2D eigenvalue weighted by Crippen LogP contribution is 2.53. The molecule has 3 fully saturated rings. The van der Waals surface area contributed by atoms with Crippen LogP contribution in [0.25, 0.3) is 16.7 Å². The van der Waals surface area contributed by atoms with Crippen LogP contribution in [-0.4, -0.2) is 46.8 Å². The fourth-order valence-electron chi connectivity index (χ4n) is 5.52. The summed E-state index contributed by atoms with van der Waals surface area (Å²) in [5, 5.41) is 8.50. The van der Waals surface area contributed by atoms with E-state index >= 15 is 0 Å². The van der Waals surface area contributed by atoms with Crippen molar-refractivity contribution < 1.29 is 4.79 Å². The molecule has 1 aromatic carbocycles. The van der Waals surface area contributed by atoms with Gasteiger partial charge in [0.1, 0.15) is 11.5 Å². The monoisotopic (exact) mass is 454 g/mol. The summed E-state index contributed by atoms with van der Waals surface area (Å²) in [6, 6.07) is 9.73. The Hall–Kier alpha value is -3.88. The highest BCUT2D eigenvalue weighted by atomic mass is 16.2. The van der Waals surface area contributed by atoms with Crippen molar-refractivity contribution in [3.63, 3.8) is 0 Å². The molecule has 2 aliphatic heterocycles. The zero-order chi connectivity index (χ0) is 23.6. The van der Waals surface area contributed by atoms with E-state index in [1.54, 1.807) is 12.4 Å². The van der Waals surface area contributed by atoms with Crippen LogP contribution in [0.1, 0.15) is 53.2 Å². The first-order valence-electron chi connectivity index (χ1n) is 11.6. The number of aromatic nitrogens is 6. The number of carbonyl (C=O) groups is 1. The van der Waals surface area contributed by atoms with Crippen molar-refractivity contribution in [2.24, 2.45) is 11.8 Å². The number of fused-ring (bicyclic) bond motifs is 3. The molecule has 1 amide bonds. The van der Waals surface area contributed by atoms with Crippen molar-refractivity contribution in [3.05, 3.63) is 65.4 Å². The number of benzene rings is 1. The Labute approximate surface area is 197 Å². The lowest BCUT2D eigenvalue weighted by atomic mass is 9.63. The smallest absolute Gasteiger partial charge is 0.275 e. The maximum atomic E-state index is 14.2. The van der Waals surface area contributed by atoms with Crippen LogP contribution in [0.3, 0.4) is 0 Å². The van der Waals surface area contributed by atoms with Crippen molar-refractivity contribution in [2.75, 3.05) is 5.73 Å². The number of hydrogen-bond donors (Lipinski definition) is 1. The van der Waals surface area contributed by atoms with Crippen molar-refractivity contribution >= 4 is 22.8 Å². The summed E-state index contributed by atoms with van der Waals surface area (Å²) in [5.74, 6) is 1.18. The summed E-state index contributed by atoms with van der Waals surface area (Å²) < 4.78 is 0. The van der Waals surface area contributed by atoms with Crippen LogP contribution < -0.4 is 5.73 Å². The molecule has 2 atom stereocenters. The first kappa shape index (κ1) is 20.7. The molecule has 2 bridgehead atoms. The molecular weight excluding hydrogens is 428 g/mol. The zero-order valence-electron chi connectivity index (χ0n) is 19.4. The summed E-state index contributed by atoms with van der Waals surface area (Å²) >= 11 is 0. The SMILES string of the molecule is Cc1ccc(-n2nccn2)c(C(=O)N2C3CC(C3)[C@@H](C)[C@H]2c2cccc3nc(N)c(C)nc23)n1. The second-order valence-electron chi connectivity index (χ2n) is 9.45. The van der Waals surface area contributed by atoms with Gasteiger partial charge in [-0.3, -0.25) is 4.79 Å².